The van der Waals surface area contributed by atoms with E-state index in [0.29, 0.717) is 6.07 Å². The summed E-state index contributed by atoms with van der Waals surface area (Å²) >= 11 is 0. The molecule has 1 aliphatic rings. The second-order valence-corrected chi connectivity index (χ2v) is 8.41. The Labute approximate surface area is 208 Å². The summed E-state index contributed by atoms with van der Waals surface area (Å²) in [4.78, 5) is 40.8. The zero-order chi connectivity index (χ0) is 27.7. The first-order chi connectivity index (χ1) is 17.3. The van der Waals surface area contributed by atoms with Crippen LogP contribution in [-0.4, -0.2) is 54.2 Å². The summed E-state index contributed by atoms with van der Waals surface area (Å²) in [6, 6.07) is 4.01. The number of nitrogens with zero attached hydrogens (tertiary/aromatic N) is 1. The van der Waals surface area contributed by atoms with Gasteiger partial charge in [0.25, 0.3) is 11.7 Å². The van der Waals surface area contributed by atoms with Crippen LogP contribution < -0.4 is 10.1 Å². The van der Waals surface area contributed by atoms with Crippen molar-refractivity contribution in [1.82, 2.24) is 4.98 Å². The normalized spacial score (nSPS) is 23.4. The molecule has 0 aliphatic carbocycles. The number of ether oxygens (including phenoxy) is 3. The van der Waals surface area contributed by atoms with Crippen LogP contribution in [0, 0.1) is 17.6 Å². The maximum atomic E-state index is 14.4. The summed E-state index contributed by atoms with van der Waals surface area (Å²) in [6.45, 7) is 3.36. The second-order valence-electron chi connectivity index (χ2n) is 8.41. The van der Waals surface area contributed by atoms with E-state index in [2.05, 4.69) is 15.0 Å². The predicted molar refractivity (Wildman–Crippen MR) is 118 cm³/mol. The van der Waals surface area contributed by atoms with Crippen molar-refractivity contribution in [3.8, 4) is 5.75 Å². The number of aromatic nitrogens is 1. The maximum Gasteiger partial charge on any atom is 0.417 e. The molecular formula is C24H23F5N2O6. The number of Topliss-reactive ketones (excluding diaryl/α,β-unsaturated/α-hetero) is 1. The fraction of sp³-hybridized carbons (Fsp3) is 0.417. The zero-order valence-corrected chi connectivity index (χ0v) is 20.1. The number of hydrogen-bond acceptors (Lipinski definition) is 7. The van der Waals surface area contributed by atoms with Gasteiger partial charge in [0.15, 0.2) is 17.2 Å². The van der Waals surface area contributed by atoms with Crippen molar-refractivity contribution in [2.24, 2.45) is 5.92 Å². The van der Waals surface area contributed by atoms with Crippen LogP contribution in [0.2, 0.25) is 0 Å². The summed E-state index contributed by atoms with van der Waals surface area (Å²) < 4.78 is 85.2. The first-order valence-electron chi connectivity index (χ1n) is 11.0. The Balaban J connectivity index is 2.01. The molecule has 13 heteroatoms. The van der Waals surface area contributed by atoms with E-state index in [-0.39, 0.29) is 23.6 Å². The number of halogens is 5. The van der Waals surface area contributed by atoms with Crippen molar-refractivity contribution >= 4 is 23.3 Å². The Kier molecular flexibility index (Phi) is 7.86. The van der Waals surface area contributed by atoms with Crippen LogP contribution in [0.1, 0.15) is 42.7 Å². The SMILES string of the molecule is CCOC(=O)C(=O)c1cc(NC(=O)[C@@H]2O[C@@](C)(C(F)(F)F)[C@@H](C)[C@H]2c2ccc(F)c(F)c2OC)ccn1. The molecule has 1 amide bonds. The topological polar surface area (TPSA) is 104 Å². The molecule has 1 saturated heterocycles. The number of alkyl halides is 3. The lowest BCUT2D eigenvalue weighted by Gasteiger charge is -2.32. The van der Waals surface area contributed by atoms with Gasteiger partial charge in [-0.25, -0.2) is 9.18 Å². The molecule has 0 saturated carbocycles. The summed E-state index contributed by atoms with van der Waals surface area (Å²) in [5, 5.41) is 2.34. The highest BCUT2D eigenvalue weighted by atomic mass is 19.4. The van der Waals surface area contributed by atoms with Crippen LogP contribution in [0.5, 0.6) is 5.75 Å². The van der Waals surface area contributed by atoms with Crippen molar-refractivity contribution < 1.29 is 50.5 Å². The number of benzene rings is 1. The van der Waals surface area contributed by atoms with Crippen molar-refractivity contribution in [1.29, 1.82) is 0 Å². The Morgan fingerprint density at radius 3 is 2.46 bits per heavy atom. The molecular weight excluding hydrogens is 507 g/mol. The van der Waals surface area contributed by atoms with Crippen molar-refractivity contribution in [2.75, 3.05) is 19.0 Å². The minimum Gasteiger partial charge on any atom is -0.493 e. The van der Waals surface area contributed by atoms with Gasteiger partial charge in [0, 0.05) is 29.3 Å². The van der Waals surface area contributed by atoms with Crippen LogP contribution in [-0.2, 0) is 19.1 Å². The maximum absolute atomic E-state index is 14.4. The summed E-state index contributed by atoms with van der Waals surface area (Å²) in [5.74, 6) is -9.59. The van der Waals surface area contributed by atoms with E-state index in [1.54, 1.807) is 0 Å². The number of hydrogen-bond donors (Lipinski definition) is 1. The zero-order valence-electron chi connectivity index (χ0n) is 20.1. The van der Waals surface area contributed by atoms with E-state index in [0.717, 1.165) is 32.4 Å². The van der Waals surface area contributed by atoms with E-state index < -0.39 is 64.8 Å². The molecule has 200 valence electrons. The van der Waals surface area contributed by atoms with Crippen LogP contribution in [0.25, 0.3) is 0 Å². The molecule has 3 rings (SSSR count). The van der Waals surface area contributed by atoms with Crippen LogP contribution in [0.4, 0.5) is 27.6 Å². The predicted octanol–water partition coefficient (Wildman–Crippen LogP) is 4.19. The van der Waals surface area contributed by atoms with Gasteiger partial charge in [-0.3, -0.25) is 14.6 Å². The third kappa shape index (κ3) is 5.13. The van der Waals surface area contributed by atoms with Gasteiger partial charge in [0.1, 0.15) is 11.8 Å². The molecule has 37 heavy (non-hydrogen) atoms. The van der Waals surface area contributed by atoms with Gasteiger partial charge in [-0.1, -0.05) is 13.0 Å². The monoisotopic (exact) mass is 530 g/mol. The van der Waals surface area contributed by atoms with Gasteiger partial charge >= 0.3 is 12.1 Å². The quantitative estimate of drug-likeness (QED) is 0.248. The van der Waals surface area contributed by atoms with Crippen molar-refractivity contribution in [3.05, 3.63) is 53.4 Å². The van der Waals surface area contributed by atoms with Crippen molar-refractivity contribution in [2.45, 2.75) is 44.6 Å². The van der Waals surface area contributed by atoms with Gasteiger partial charge in [0.05, 0.1) is 13.7 Å². The molecule has 0 bridgehead atoms. The summed E-state index contributed by atoms with van der Waals surface area (Å²) in [5.41, 5.74) is -3.50. The molecule has 0 radical (unpaired) electrons. The highest BCUT2D eigenvalue weighted by molar-refractivity contribution is 6.40. The lowest BCUT2D eigenvalue weighted by atomic mass is 9.77. The van der Waals surface area contributed by atoms with Gasteiger partial charge in [-0.15, -0.1) is 0 Å². The molecule has 0 unspecified atom stereocenters. The van der Waals surface area contributed by atoms with Crippen LogP contribution in [0.3, 0.4) is 0 Å². The molecule has 1 aliphatic heterocycles. The van der Waals surface area contributed by atoms with Crippen molar-refractivity contribution in [3.63, 3.8) is 0 Å². The lowest BCUT2D eigenvalue weighted by Crippen LogP contribution is -2.47. The minimum atomic E-state index is -4.93. The highest BCUT2D eigenvalue weighted by Gasteiger charge is 2.65. The van der Waals surface area contributed by atoms with E-state index in [1.165, 1.54) is 19.9 Å². The second kappa shape index (κ2) is 10.4. The van der Waals surface area contributed by atoms with Crippen LogP contribution in [0.15, 0.2) is 30.5 Å². The number of ketones is 1. The fourth-order valence-corrected chi connectivity index (χ4v) is 4.19. The molecule has 8 nitrogen and oxygen atoms in total. The summed E-state index contributed by atoms with van der Waals surface area (Å²) in [7, 11) is 1.01. The lowest BCUT2D eigenvalue weighted by molar-refractivity contribution is -0.272. The number of rotatable bonds is 7. The van der Waals surface area contributed by atoms with E-state index in [9.17, 15) is 36.3 Å². The molecule has 1 fully saturated rings. The van der Waals surface area contributed by atoms with E-state index >= 15 is 0 Å². The Hall–Kier alpha value is -3.61. The minimum absolute atomic E-state index is 0.0645. The number of carbonyl (C=O) groups is 3. The standard InChI is InChI=1S/C24H23F5N2O6/c1-5-36-22(34)18(32)15-10-12(8-9-30-15)31-21(33)20-16(11(2)23(3,37-20)24(27,28)29)13-6-7-14(25)17(26)19(13)35-4/h6-11,16,20H,5H2,1-4H3,(H,30,31,33)/t11-,16-,20+,23+/m0/s1. The van der Waals surface area contributed by atoms with E-state index in [1.807, 2.05) is 0 Å². The third-order valence-corrected chi connectivity index (χ3v) is 6.29. The number of amides is 1. The van der Waals surface area contributed by atoms with Gasteiger partial charge < -0.3 is 19.5 Å². The van der Waals surface area contributed by atoms with Gasteiger partial charge in [-0.2, -0.15) is 17.6 Å². The molecule has 2 aromatic rings. The number of methoxy groups -OCH3 is 1. The Bertz CT molecular complexity index is 1220. The third-order valence-electron chi connectivity index (χ3n) is 6.29. The molecule has 1 aromatic heterocycles. The highest BCUT2D eigenvalue weighted by Crippen LogP contribution is 2.55. The number of pyridine rings is 1. The average molecular weight is 530 g/mol. The number of nitrogens with one attached hydrogen (secondary N) is 1. The largest absolute Gasteiger partial charge is 0.493 e. The average Bonchev–Trinajstić information content (AvgIpc) is 3.12. The van der Waals surface area contributed by atoms with Crippen LogP contribution >= 0.6 is 0 Å². The first kappa shape index (κ1) is 28.0. The molecule has 4 atom stereocenters. The summed E-state index contributed by atoms with van der Waals surface area (Å²) in [6.07, 6.45) is -5.67. The Morgan fingerprint density at radius 1 is 1.19 bits per heavy atom. The van der Waals surface area contributed by atoms with E-state index in [4.69, 9.17) is 9.47 Å². The smallest absolute Gasteiger partial charge is 0.417 e. The first-order valence-corrected chi connectivity index (χ1v) is 11.0. The number of esters is 1. The Morgan fingerprint density at radius 2 is 1.86 bits per heavy atom. The number of carbonyl (C=O) groups excluding carboxylic acids is 3. The molecule has 0 spiro atoms. The number of anilines is 1. The van der Waals surface area contributed by atoms with Gasteiger partial charge in [0.2, 0.25) is 5.82 Å². The van der Waals surface area contributed by atoms with Gasteiger partial charge in [-0.05, 0) is 32.0 Å². The fourth-order valence-electron chi connectivity index (χ4n) is 4.19. The molecule has 1 N–H and O–H groups in total. The molecule has 1 aromatic carbocycles. The molecule has 2 heterocycles.